The van der Waals surface area contributed by atoms with Gasteiger partial charge in [-0.15, -0.1) is 0 Å². The number of thiazole rings is 1. The summed E-state index contributed by atoms with van der Waals surface area (Å²) in [4.78, 5) is 22.6. The van der Waals surface area contributed by atoms with Gasteiger partial charge in [0.15, 0.2) is 5.13 Å². The highest BCUT2D eigenvalue weighted by Gasteiger charge is 2.14. The second-order valence-electron chi connectivity index (χ2n) is 6.85. The highest BCUT2D eigenvalue weighted by Crippen LogP contribution is 2.30. The minimum atomic E-state index is -0.0581. The summed E-state index contributed by atoms with van der Waals surface area (Å²) in [7, 11) is 0. The van der Waals surface area contributed by atoms with E-state index in [0.717, 1.165) is 53.0 Å². The van der Waals surface area contributed by atoms with Crippen LogP contribution in [0.25, 0.3) is 21.1 Å². The normalized spacial score (nSPS) is 14.6. The van der Waals surface area contributed by atoms with Crippen molar-refractivity contribution in [2.45, 2.75) is 6.42 Å². The van der Waals surface area contributed by atoms with E-state index in [4.69, 9.17) is 4.74 Å². The molecule has 6 nitrogen and oxygen atoms in total. The zero-order valence-electron chi connectivity index (χ0n) is 15.3. The number of aromatic nitrogens is 2. The molecule has 1 fully saturated rings. The molecule has 4 aromatic rings. The molecule has 3 heterocycles. The van der Waals surface area contributed by atoms with E-state index >= 15 is 0 Å². The van der Waals surface area contributed by atoms with Gasteiger partial charge in [0.2, 0.25) is 5.91 Å². The number of benzene rings is 2. The highest BCUT2D eigenvalue weighted by atomic mass is 32.1. The fraction of sp³-hybridized carbons (Fsp3) is 0.238. The van der Waals surface area contributed by atoms with Crippen molar-refractivity contribution in [3.05, 3.63) is 54.2 Å². The molecule has 2 aromatic heterocycles. The van der Waals surface area contributed by atoms with Gasteiger partial charge < -0.3 is 19.9 Å². The maximum absolute atomic E-state index is 12.5. The molecule has 0 aliphatic carbocycles. The molecule has 1 aliphatic heterocycles. The molecule has 142 valence electrons. The largest absolute Gasteiger partial charge is 0.378 e. The molecule has 2 aromatic carbocycles. The molecule has 1 aliphatic rings. The highest BCUT2D eigenvalue weighted by molar-refractivity contribution is 7.22. The van der Waals surface area contributed by atoms with Gasteiger partial charge in [-0.05, 0) is 29.8 Å². The number of carbonyl (C=O) groups is 1. The first-order valence-corrected chi connectivity index (χ1v) is 10.2. The van der Waals surface area contributed by atoms with Crippen molar-refractivity contribution >= 4 is 49.2 Å². The SMILES string of the molecule is O=C(Cc1c[nH]c2ccccc12)Nc1nc2ccc(N3CCOCC3)cc2s1. The van der Waals surface area contributed by atoms with Crippen LogP contribution in [0.15, 0.2) is 48.7 Å². The average Bonchev–Trinajstić information content (AvgIpc) is 3.31. The van der Waals surface area contributed by atoms with E-state index in [-0.39, 0.29) is 5.91 Å². The van der Waals surface area contributed by atoms with E-state index in [2.05, 4.69) is 32.3 Å². The monoisotopic (exact) mass is 392 g/mol. The number of morpholine rings is 1. The molecule has 0 spiro atoms. The van der Waals surface area contributed by atoms with Gasteiger partial charge in [0.25, 0.3) is 0 Å². The van der Waals surface area contributed by atoms with Crippen LogP contribution >= 0.6 is 11.3 Å². The summed E-state index contributed by atoms with van der Waals surface area (Å²) in [5.41, 5.74) is 4.12. The first-order valence-electron chi connectivity index (χ1n) is 9.34. The first-order chi connectivity index (χ1) is 13.8. The Morgan fingerprint density at radius 3 is 2.96 bits per heavy atom. The number of hydrogen-bond donors (Lipinski definition) is 2. The van der Waals surface area contributed by atoms with Gasteiger partial charge in [-0.2, -0.15) is 0 Å². The van der Waals surface area contributed by atoms with Crippen molar-refractivity contribution in [2.24, 2.45) is 0 Å². The third kappa shape index (κ3) is 3.34. The lowest BCUT2D eigenvalue weighted by Crippen LogP contribution is -2.36. The van der Waals surface area contributed by atoms with Crippen LogP contribution < -0.4 is 10.2 Å². The molecule has 7 heteroatoms. The predicted molar refractivity (Wildman–Crippen MR) is 113 cm³/mol. The third-order valence-electron chi connectivity index (χ3n) is 5.02. The summed E-state index contributed by atoms with van der Waals surface area (Å²) >= 11 is 1.51. The number of para-hydroxylation sites is 1. The van der Waals surface area contributed by atoms with Gasteiger partial charge in [-0.25, -0.2) is 4.98 Å². The maximum Gasteiger partial charge on any atom is 0.230 e. The molecular formula is C21H20N4O2S. The summed E-state index contributed by atoms with van der Waals surface area (Å²) in [6, 6.07) is 14.3. The van der Waals surface area contributed by atoms with E-state index in [1.807, 2.05) is 36.5 Å². The Hall–Kier alpha value is -2.90. The Labute approximate surface area is 166 Å². The van der Waals surface area contributed by atoms with Crippen LogP contribution in [0.5, 0.6) is 0 Å². The van der Waals surface area contributed by atoms with Crippen molar-refractivity contribution in [1.82, 2.24) is 9.97 Å². The second kappa shape index (κ2) is 7.26. The average molecular weight is 392 g/mol. The van der Waals surface area contributed by atoms with E-state index < -0.39 is 0 Å². The third-order valence-corrected chi connectivity index (χ3v) is 5.95. The van der Waals surface area contributed by atoms with Crippen molar-refractivity contribution < 1.29 is 9.53 Å². The van der Waals surface area contributed by atoms with Crippen LogP contribution in [0.1, 0.15) is 5.56 Å². The number of H-pyrrole nitrogens is 1. The lowest BCUT2D eigenvalue weighted by molar-refractivity contribution is -0.115. The zero-order valence-corrected chi connectivity index (χ0v) is 16.1. The van der Waals surface area contributed by atoms with E-state index in [1.54, 1.807) is 0 Å². The molecule has 0 bridgehead atoms. The molecule has 0 unspecified atom stereocenters. The Bertz CT molecular complexity index is 1140. The number of aromatic amines is 1. The van der Waals surface area contributed by atoms with Gasteiger partial charge in [0.1, 0.15) is 0 Å². The van der Waals surface area contributed by atoms with E-state index in [1.165, 1.54) is 17.0 Å². The lowest BCUT2D eigenvalue weighted by atomic mass is 10.1. The summed E-state index contributed by atoms with van der Waals surface area (Å²) in [6.45, 7) is 3.32. The number of amides is 1. The number of rotatable bonds is 4. The Kier molecular flexibility index (Phi) is 4.46. The molecular weight excluding hydrogens is 372 g/mol. The summed E-state index contributed by atoms with van der Waals surface area (Å²) < 4.78 is 6.50. The fourth-order valence-electron chi connectivity index (χ4n) is 3.60. The van der Waals surface area contributed by atoms with Crippen LogP contribution in [0, 0.1) is 0 Å². The van der Waals surface area contributed by atoms with Crippen molar-refractivity contribution in [3.8, 4) is 0 Å². The number of anilines is 2. The Morgan fingerprint density at radius 1 is 1.21 bits per heavy atom. The smallest absolute Gasteiger partial charge is 0.230 e. The molecule has 1 saturated heterocycles. The number of fused-ring (bicyclic) bond motifs is 2. The lowest BCUT2D eigenvalue weighted by Gasteiger charge is -2.28. The van der Waals surface area contributed by atoms with Gasteiger partial charge >= 0.3 is 0 Å². The quantitative estimate of drug-likeness (QED) is 0.554. The second-order valence-corrected chi connectivity index (χ2v) is 7.89. The number of ether oxygens (including phenoxy) is 1. The minimum Gasteiger partial charge on any atom is -0.378 e. The predicted octanol–water partition coefficient (Wildman–Crippen LogP) is 3.80. The molecule has 0 radical (unpaired) electrons. The molecule has 0 saturated carbocycles. The fourth-order valence-corrected chi connectivity index (χ4v) is 4.51. The summed E-state index contributed by atoms with van der Waals surface area (Å²) in [6.07, 6.45) is 2.22. The van der Waals surface area contributed by atoms with Gasteiger partial charge in [0, 0.05) is 35.9 Å². The molecule has 2 N–H and O–H groups in total. The topological polar surface area (TPSA) is 70.2 Å². The van der Waals surface area contributed by atoms with E-state index in [9.17, 15) is 4.79 Å². The van der Waals surface area contributed by atoms with Crippen LogP contribution in [0.3, 0.4) is 0 Å². The van der Waals surface area contributed by atoms with Crippen LogP contribution in [-0.4, -0.2) is 42.2 Å². The van der Waals surface area contributed by atoms with Crippen LogP contribution in [-0.2, 0) is 16.0 Å². The van der Waals surface area contributed by atoms with Gasteiger partial charge in [0.05, 0.1) is 29.9 Å². The van der Waals surface area contributed by atoms with Gasteiger partial charge in [-0.1, -0.05) is 29.5 Å². The maximum atomic E-state index is 12.5. The van der Waals surface area contributed by atoms with Crippen molar-refractivity contribution in [1.29, 1.82) is 0 Å². The number of carbonyl (C=O) groups excluding carboxylic acids is 1. The number of nitrogens with zero attached hydrogens (tertiary/aromatic N) is 2. The molecule has 1 amide bonds. The minimum absolute atomic E-state index is 0.0581. The molecule has 28 heavy (non-hydrogen) atoms. The Morgan fingerprint density at radius 2 is 2.07 bits per heavy atom. The van der Waals surface area contributed by atoms with Crippen LogP contribution in [0.2, 0.25) is 0 Å². The molecule has 0 atom stereocenters. The number of hydrogen-bond acceptors (Lipinski definition) is 5. The van der Waals surface area contributed by atoms with E-state index in [0.29, 0.717) is 11.6 Å². The van der Waals surface area contributed by atoms with Crippen molar-refractivity contribution in [3.63, 3.8) is 0 Å². The summed E-state index contributed by atoms with van der Waals surface area (Å²) in [5, 5.41) is 4.67. The standard InChI is InChI=1S/C21H20N4O2S/c26-20(11-14-13-22-17-4-2-1-3-16(14)17)24-21-23-18-6-5-15(12-19(18)28-21)25-7-9-27-10-8-25/h1-6,12-13,22H,7-11H2,(H,23,24,26). The van der Waals surface area contributed by atoms with Crippen LogP contribution in [0.4, 0.5) is 10.8 Å². The zero-order chi connectivity index (χ0) is 18.9. The van der Waals surface area contributed by atoms with Crippen molar-refractivity contribution in [2.75, 3.05) is 36.5 Å². The number of nitrogens with one attached hydrogen (secondary N) is 2. The first kappa shape index (κ1) is 17.2. The Balaban J connectivity index is 1.32. The summed E-state index contributed by atoms with van der Waals surface area (Å²) in [5.74, 6) is -0.0581. The van der Waals surface area contributed by atoms with Gasteiger partial charge in [-0.3, -0.25) is 4.79 Å². The molecule has 5 rings (SSSR count).